The molecule has 0 aliphatic carbocycles. The summed E-state index contributed by atoms with van der Waals surface area (Å²) in [4.78, 5) is 15.0. The predicted molar refractivity (Wildman–Crippen MR) is 64.7 cm³/mol. The number of amides is 2. The highest BCUT2D eigenvalue weighted by molar-refractivity contribution is 5.74. The molecule has 1 N–H and O–H groups in total. The molecule has 2 rings (SSSR count). The molecular formula is C12H20F3N3O. The van der Waals surface area contributed by atoms with E-state index in [4.69, 9.17) is 0 Å². The maximum absolute atomic E-state index is 12.3. The first-order chi connectivity index (χ1) is 8.74. The van der Waals surface area contributed by atoms with Crippen molar-refractivity contribution in [2.45, 2.75) is 26.1 Å². The maximum atomic E-state index is 12.3. The van der Waals surface area contributed by atoms with Crippen molar-refractivity contribution < 1.29 is 18.0 Å². The van der Waals surface area contributed by atoms with Crippen LogP contribution in [0.3, 0.4) is 0 Å². The van der Waals surface area contributed by atoms with Crippen LogP contribution in [-0.2, 0) is 0 Å². The van der Waals surface area contributed by atoms with Gasteiger partial charge < -0.3 is 10.2 Å². The van der Waals surface area contributed by atoms with E-state index in [2.05, 4.69) is 5.32 Å². The minimum atomic E-state index is -4.13. The molecule has 2 aliphatic heterocycles. The first-order valence-electron chi connectivity index (χ1n) is 6.59. The molecule has 7 heteroatoms. The van der Waals surface area contributed by atoms with Crippen LogP contribution in [0.5, 0.6) is 0 Å². The Morgan fingerprint density at radius 1 is 1.21 bits per heavy atom. The lowest BCUT2D eigenvalue weighted by Gasteiger charge is -2.23. The van der Waals surface area contributed by atoms with E-state index in [1.807, 2.05) is 13.8 Å². The van der Waals surface area contributed by atoms with Gasteiger partial charge in [-0.05, 0) is 25.7 Å². The van der Waals surface area contributed by atoms with Crippen molar-refractivity contribution >= 4 is 6.03 Å². The van der Waals surface area contributed by atoms with Crippen molar-refractivity contribution in [1.82, 2.24) is 15.1 Å². The Morgan fingerprint density at radius 3 is 2.16 bits per heavy atom. The van der Waals surface area contributed by atoms with Crippen LogP contribution in [0.1, 0.15) is 13.8 Å². The molecular weight excluding hydrogens is 259 g/mol. The summed E-state index contributed by atoms with van der Waals surface area (Å²) in [6, 6.07) is -0.0264. The third kappa shape index (κ3) is 3.75. The van der Waals surface area contributed by atoms with E-state index in [0.717, 1.165) is 0 Å². The fourth-order valence-electron chi connectivity index (χ4n) is 2.98. The van der Waals surface area contributed by atoms with Crippen molar-refractivity contribution in [1.29, 1.82) is 0 Å². The van der Waals surface area contributed by atoms with E-state index in [1.165, 1.54) is 4.90 Å². The lowest BCUT2D eigenvalue weighted by atomic mass is 10.0. The SMILES string of the molecule is CC(C)NC(=O)N1CC2CN(CC(F)(F)F)CC2C1. The maximum Gasteiger partial charge on any atom is 0.401 e. The summed E-state index contributed by atoms with van der Waals surface area (Å²) >= 11 is 0. The average molecular weight is 279 g/mol. The number of halogens is 3. The zero-order valence-corrected chi connectivity index (χ0v) is 11.2. The molecule has 2 unspecified atom stereocenters. The summed E-state index contributed by atoms with van der Waals surface area (Å²) in [6.45, 7) is 4.96. The number of likely N-dealkylation sites (tertiary alicyclic amines) is 2. The molecule has 110 valence electrons. The number of nitrogens with zero attached hydrogens (tertiary/aromatic N) is 2. The molecule has 2 fully saturated rings. The number of carbonyl (C=O) groups is 1. The molecule has 2 heterocycles. The van der Waals surface area contributed by atoms with Crippen molar-refractivity contribution in [3.63, 3.8) is 0 Å². The first kappa shape index (κ1) is 14.4. The van der Waals surface area contributed by atoms with Crippen LogP contribution in [0, 0.1) is 11.8 Å². The van der Waals surface area contributed by atoms with Crippen LogP contribution < -0.4 is 5.32 Å². The quantitative estimate of drug-likeness (QED) is 0.832. The van der Waals surface area contributed by atoms with E-state index in [9.17, 15) is 18.0 Å². The van der Waals surface area contributed by atoms with Crippen LogP contribution in [0.25, 0.3) is 0 Å². The Bertz CT molecular complexity index is 332. The van der Waals surface area contributed by atoms with Gasteiger partial charge in [-0.25, -0.2) is 4.79 Å². The number of hydrogen-bond acceptors (Lipinski definition) is 2. The van der Waals surface area contributed by atoms with Gasteiger partial charge in [0.2, 0.25) is 0 Å². The molecule has 0 aromatic carbocycles. The number of carbonyl (C=O) groups excluding carboxylic acids is 1. The van der Waals surface area contributed by atoms with Gasteiger partial charge in [0.1, 0.15) is 0 Å². The van der Waals surface area contributed by atoms with Crippen molar-refractivity contribution in [2.24, 2.45) is 11.8 Å². The summed E-state index contributed by atoms with van der Waals surface area (Å²) in [5.74, 6) is 0.362. The number of fused-ring (bicyclic) bond motifs is 1. The number of rotatable bonds is 2. The largest absolute Gasteiger partial charge is 0.401 e. The van der Waals surface area contributed by atoms with Gasteiger partial charge in [0, 0.05) is 32.2 Å². The number of hydrogen-bond donors (Lipinski definition) is 1. The van der Waals surface area contributed by atoms with Gasteiger partial charge >= 0.3 is 12.2 Å². The van der Waals surface area contributed by atoms with Crippen molar-refractivity contribution in [3.05, 3.63) is 0 Å². The lowest BCUT2D eigenvalue weighted by molar-refractivity contribution is -0.144. The zero-order valence-electron chi connectivity index (χ0n) is 11.2. The minimum absolute atomic E-state index is 0.0784. The fourth-order valence-corrected chi connectivity index (χ4v) is 2.98. The number of nitrogens with one attached hydrogen (secondary N) is 1. The molecule has 19 heavy (non-hydrogen) atoms. The van der Waals surface area contributed by atoms with E-state index >= 15 is 0 Å². The molecule has 2 aliphatic rings. The second-order valence-corrected chi connectivity index (χ2v) is 5.84. The third-order valence-corrected chi connectivity index (χ3v) is 3.66. The molecule has 0 aromatic rings. The Balaban J connectivity index is 1.82. The molecule has 0 aromatic heterocycles. The summed E-state index contributed by atoms with van der Waals surface area (Å²) < 4.78 is 36.9. The number of alkyl halides is 3. The van der Waals surface area contributed by atoms with Gasteiger partial charge in [-0.2, -0.15) is 13.2 Å². The molecule has 0 saturated carbocycles. The monoisotopic (exact) mass is 279 g/mol. The molecule has 4 nitrogen and oxygen atoms in total. The van der Waals surface area contributed by atoms with Crippen molar-refractivity contribution in [3.8, 4) is 0 Å². The predicted octanol–water partition coefficient (Wildman–Crippen LogP) is 1.53. The van der Waals surface area contributed by atoms with Crippen LogP contribution in [0.2, 0.25) is 0 Å². The van der Waals surface area contributed by atoms with E-state index < -0.39 is 12.7 Å². The summed E-state index contributed by atoms with van der Waals surface area (Å²) in [7, 11) is 0. The standard InChI is InChI=1S/C12H20F3N3O/c1-8(2)16-11(19)18-5-9-3-17(4-10(9)6-18)7-12(13,14)15/h8-10H,3-7H2,1-2H3,(H,16,19). The molecule has 2 amide bonds. The topological polar surface area (TPSA) is 35.6 Å². The van der Waals surface area contributed by atoms with E-state index in [0.29, 0.717) is 26.2 Å². The average Bonchev–Trinajstić information content (AvgIpc) is 2.70. The minimum Gasteiger partial charge on any atom is -0.336 e. The Morgan fingerprint density at radius 2 is 1.74 bits per heavy atom. The van der Waals surface area contributed by atoms with E-state index in [1.54, 1.807) is 4.90 Å². The summed E-state index contributed by atoms with van der Waals surface area (Å²) in [6.07, 6.45) is -4.13. The Kier molecular flexibility index (Phi) is 3.94. The number of urea groups is 1. The van der Waals surface area contributed by atoms with Gasteiger partial charge in [-0.3, -0.25) is 4.90 Å². The lowest BCUT2D eigenvalue weighted by Crippen LogP contribution is -2.43. The Labute approximate surface area is 110 Å². The fraction of sp³-hybridized carbons (Fsp3) is 0.917. The van der Waals surface area contributed by atoms with Crippen LogP contribution in [0.15, 0.2) is 0 Å². The second kappa shape index (κ2) is 5.19. The van der Waals surface area contributed by atoms with Gasteiger partial charge in [-0.1, -0.05) is 0 Å². The van der Waals surface area contributed by atoms with Gasteiger partial charge in [-0.15, -0.1) is 0 Å². The van der Waals surface area contributed by atoms with Gasteiger partial charge in [0.05, 0.1) is 6.54 Å². The molecule has 2 saturated heterocycles. The van der Waals surface area contributed by atoms with Crippen molar-refractivity contribution in [2.75, 3.05) is 32.7 Å². The first-order valence-corrected chi connectivity index (χ1v) is 6.59. The highest BCUT2D eigenvalue weighted by Gasteiger charge is 2.44. The molecule has 2 atom stereocenters. The van der Waals surface area contributed by atoms with Gasteiger partial charge in [0.25, 0.3) is 0 Å². The van der Waals surface area contributed by atoms with Crippen LogP contribution in [-0.4, -0.2) is 60.8 Å². The van der Waals surface area contributed by atoms with Gasteiger partial charge in [0.15, 0.2) is 0 Å². The zero-order chi connectivity index (χ0) is 14.2. The normalized spacial score (nSPS) is 28.0. The summed E-state index contributed by atoms with van der Waals surface area (Å²) in [5, 5.41) is 2.82. The molecule has 0 spiro atoms. The third-order valence-electron chi connectivity index (χ3n) is 3.66. The highest BCUT2D eigenvalue weighted by atomic mass is 19.4. The Hall–Kier alpha value is -0.980. The second-order valence-electron chi connectivity index (χ2n) is 5.84. The van der Waals surface area contributed by atoms with E-state index in [-0.39, 0.29) is 23.9 Å². The van der Waals surface area contributed by atoms with Crippen LogP contribution >= 0.6 is 0 Å². The molecule has 0 bridgehead atoms. The molecule has 0 radical (unpaired) electrons. The van der Waals surface area contributed by atoms with Crippen LogP contribution in [0.4, 0.5) is 18.0 Å². The summed E-state index contributed by atoms with van der Waals surface area (Å²) in [5.41, 5.74) is 0. The smallest absolute Gasteiger partial charge is 0.336 e. The highest BCUT2D eigenvalue weighted by Crippen LogP contribution is 2.32.